The molecule has 198 valence electrons. The van der Waals surface area contributed by atoms with Crippen molar-refractivity contribution >= 4 is 21.6 Å². The molecular weight excluding hydrogens is 490 g/mol. The van der Waals surface area contributed by atoms with E-state index in [-0.39, 0.29) is 17.4 Å². The van der Waals surface area contributed by atoms with Crippen molar-refractivity contribution < 1.29 is 17.9 Å². The zero-order chi connectivity index (χ0) is 27.8. The second-order valence-corrected chi connectivity index (χ2v) is 9.09. The van der Waals surface area contributed by atoms with Gasteiger partial charge in [-0.1, -0.05) is 58.1 Å². The lowest BCUT2D eigenvalue weighted by molar-refractivity contribution is 0.329. The molecule has 0 atom stereocenters. The van der Waals surface area contributed by atoms with Crippen LogP contribution in [0.15, 0.2) is 82.5 Å². The third-order valence-electron chi connectivity index (χ3n) is 4.58. The number of nitriles is 1. The number of sulfonamides is 1. The first kappa shape index (κ1) is 31.1. The number of nitrogens with two attached hydrogens (primary N) is 1. The molecule has 0 bridgehead atoms. The molecule has 0 aliphatic carbocycles. The summed E-state index contributed by atoms with van der Waals surface area (Å²) in [5, 5.41) is 17.2. The highest BCUT2D eigenvalue weighted by Crippen LogP contribution is 2.21. The molecule has 0 spiro atoms. The van der Waals surface area contributed by atoms with Gasteiger partial charge < -0.3 is 14.8 Å². The topological polar surface area (TPSA) is 140 Å². The third kappa shape index (κ3) is 9.91. The van der Waals surface area contributed by atoms with Crippen LogP contribution in [0.2, 0.25) is 0 Å². The van der Waals surface area contributed by atoms with E-state index in [4.69, 9.17) is 19.9 Å². The average Bonchev–Trinajstić information content (AvgIpc) is 2.89. The van der Waals surface area contributed by atoms with Crippen molar-refractivity contribution in [1.29, 1.82) is 5.26 Å². The predicted molar refractivity (Wildman–Crippen MR) is 147 cm³/mol. The number of likely N-dealkylation sites (N-methyl/N-ethyl adjacent to an activating group) is 1. The van der Waals surface area contributed by atoms with Gasteiger partial charge in [-0.3, -0.25) is 0 Å². The molecule has 0 aliphatic heterocycles. The molecule has 0 radical (unpaired) electrons. The van der Waals surface area contributed by atoms with Gasteiger partial charge >= 0.3 is 0 Å². The summed E-state index contributed by atoms with van der Waals surface area (Å²) in [5.74, 6) is 0.638. The van der Waals surface area contributed by atoms with Crippen LogP contribution < -0.4 is 15.2 Å². The van der Waals surface area contributed by atoms with Crippen LogP contribution in [0.25, 0.3) is 5.70 Å². The molecule has 0 amide bonds. The molecule has 1 aromatic carbocycles. The van der Waals surface area contributed by atoms with Gasteiger partial charge in [-0.15, -0.1) is 0 Å². The van der Waals surface area contributed by atoms with Crippen LogP contribution in [0.3, 0.4) is 0 Å². The minimum Gasteiger partial charge on any atom is -0.480 e. The Morgan fingerprint density at radius 1 is 1.22 bits per heavy atom. The van der Waals surface area contributed by atoms with Gasteiger partial charge in [-0.2, -0.15) is 5.26 Å². The quantitative estimate of drug-likeness (QED) is 0.263. The lowest BCUT2D eigenvalue weighted by Gasteiger charge is -2.15. The van der Waals surface area contributed by atoms with Crippen LogP contribution in [-0.4, -0.2) is 40.1 Å². The Balaban J connectivity index is 0.00000217. The maximum Gasteiger partial charge on any atom is 0.238 e. The number of allylic oxidation sites excluding steroid dienone is 1. The lowest BCUT2D eigenvalue weighted by Crippen LogP contribution is -2.21. The number of nitrogens with one attached hydrogen (secondary N) is 1. The molecule has 0 aliphatic rings. The summed E-state index contributed by atoms with van der Waals surface area (Å²) in [6.07, 6.45) is 6.85. The summed E-state index contributed by atoms with van der Waals surface area (Å²) in [6.45, 7) is 10.2. The molecule has 0 saturated heterocycles. The van der Waals surface area contributed by atoms with Crippen molar-refractivity contribution in [3.63, 3.8) is 0 Å². The number of benzene rings is 1. The molecule has 2 aromatic rings. The summed E-state index contributed by atoms with van der Waals surface area (Å²) in [7, 11) is -0.569. The zero-order valence-electron chi connectivity index (χ0n) is 22.0. The van der Waals surface area contributed by atoms with Gasteiger partial charge in [0.2, 0.25) is 21.8 Å². The van der Waals surface area contributed by atoms with Crippen molar-refractivity contribution in [3.8, 4) is 11.9 Å². The van der Waals surface area contributed by atoms with E-state index in [0.717, 1.165) is 0 Å². The van der Waals surface area contributed by atoms with Crippen molar-refractivity contribution in [2.24, 2.45) is 10.1 Å². The molecule has 37 heavy (non-hydrogen) atoms. The van der Waals surface area contributed by atoms with Crippen molar-refractivity contribution in [3.05, 3.63) is 83.7 Å². The van der Waals surface area contributed by atoms with Crippen molar-refractivity contribution in [2.45, 2.75) is 38.5 Å². The molecule has 0 unspecified atom stereocenters. The number of aliphatic imine (C=N–C) groups is 1. The standard InChI is InChI=1S/C24H27N5O4S.C3H8/c1-5-7-21(18-9-11-19(12-10-18)34(26,30)31)29-24(32-4)20(6-2)22(27-3)16-33-23-13-8-17(14-25)15-28-23;1-3-2/h6-13,15,27H,2,5,16H2,1,3-4H3,(H2,26,30,31);3H2,1-2H3/b21-7+,22-20+,29-24-;. The van der Waals surface area contributed by atoms with E-state index in [1.165, 1.54) is 31.9 Å². The minimum atomic E-state index is -3.79. The van der Waals surface area contributed by atoms with Crippen LogP contribution in [-0.2, 0) is 14.8 Å². The Morgan fingerprint density at radius 3 is 2.30 bits per heavy atom. The van der Waals surface area contributed by atoms with Gasteiger partial charge in [0.1, 0.15) is 12.7 Å². The van der Waals surface area contributed by atoms with E-state index < -0.39 is 10.0 Å². The molecule has 0 saturated carbocycles. The first-order chi connectivity index (χ1) is 17.7. The second kappa shape index (κ2) is 15.9. The van der Waals surface area contributed by atoms with E-state index in [9.17, 15) is 8.42 Å². The van der Waals surface area contributed by atoms with Gasteiger partial charge in [-0.05, 0) is 24.6 Å². The Kier molecular flexibility index (Phi) is 13.4. The third-order valence-corrected chi connectivity index (χ3v) is 5.51. The van der Waals surface area contributed by atoms with Gasteiger partial charge in [0.25, 0.3) is 0 Å². The normalized spacial score (nSPS) is 12.4. The summed E-state index contributed by atoms with van der Waals surface area (Å²) in [5.41, 5.74) is 2.93. The fourth-order valence-corrected chi connectivity index (χ4v) is 3.38. The fraction of sp³-hybridized carbons (Fsp3) is 0.296. The fourth-order valence-electron chi connectivity index (χ4n) is 2.86. The Labute approximate surface area is 220 Å². The molecule has 1 heterocycles. The van der Waals surface area contributed by atoms with Gasteiger partial charge in [-0.25, -0.2) is 23.5 Å². The minimum absolute atomic E-state index is 0.0146. The molecule has 1 aromatic heterocycles. The van der Waals surface area contributed by atoms with E-state index in [1.54, 1.807) is 37.4 Å². The molecule has 2 rings (SSSR count). The molecule has 9 nitrogen and oxygen atoms in total. The summed E-state index contributed by atoms with van der Waals surface area (Å²) >= 11 is 0. The Bertz CT molecular complexity index is 1260. The highest BCUT2D eigenvalue weighted by Gasteiger charge is 2.14. The number of aromatic nitrogens is 1. The van der Waals surface area contributed by atoms with Crippen LogP contribution in [0.4, 0.5) is 0 Å². The van der Waals surface area contributed by atoms with Gasteiger partial charge in [0.15, 0.2) is 0 Å². The van der Waals surface area contributed by atoms with Crippen LogP contribution >= 0.6 is 0 Å². The summed E-state index contributed by atoms with van der Waals surface area (Å²) in [6, 6.07) is 11.4. The van der Waals surface area contributed by atoms with Gasteiger partial charge in [0.05, 0.1) is 34.5 Å². The second-order valence-electron chi connectivity index (χ2n) is 7.53. The largest absolute Gasteiger partial charge is 0.480 e. The predicted octanol–water partition coefficient (Wildman–Crippen LogP) is 4.55. The van der Waals surface area contributed by atoms with Gasteiger partial charge in [0, 0.05) is 24.9 Å². The SMILES string of the molecule is C=CC(/C(=N/C(=C/CC)c1ccc(S(N)(=O)=O)cc1)OC)=C(/COc1ccc(C#N)cn1)NC.CCC. The number of ether oxygens (including phenoxy) is 2. The average molecular weight is 526 g/mol. The Morgan fingerprint density at radius 2 is 1.86 bits per heavy atom. The number of pyridine rings is 1. The van der Waals surface area contributed by atoms with Crippen LogP contribution in [0.1, 0.15) is 44.7 Å². The van der Waals surface area contributed by atoms with Crippen LogP contribution in [0, 0.1) is 11.3 Å². The van der Waals surface area contributed by atoms with E-state index in [0.29, 0.717) is 40.4 Å². The highest BCUT2D eigenvalue weighted by molar-refractivity contribution is 7.89. The van der Waals surface area contributed by atoms with Crippen LogP contribution in [0.5, 0.6) is 5.88 Å². The number of methoxy groups -OCH3 is 1. The smallest absolute Gasteiger partial charge is 0.238 e. The summed E-state index contributed by atoms with van der Waals surface area (Å²) in [4.78, 5) is 8.78. The number of hydrogen-bond acceptors (Lipinski definition) is 8. The highest BCUT2D eigenvalue weighted by atomic mass is 32.2. The maximum absolute atomic E-state index is 11.6. The number of rotatable bonds is 10. The number of primary sulfonamides is 1. The molecular formula is C27H35N5O4S. The zero-order valence-corrected chi connectivity index (χ0v) is 22.8. The van der Waals surface area contributed by atoms with E-state index >= 15 is 0 Å². The van der Waals surface area contributed by atoms with E-state index in [2.05, 4.69) is 35.7 Å². The Hall–Kier alpha value is -3.94. The number of nitrogens with zero attached hydrogens (tertiary/aromatic N) is 3. The number of hydrogen-bond donors (Lipinski definition) is 2. The lowest BCUT2D eigenvalue weighted by atomic mass is 10.1. The summed E-state index contributed by atoms with van der Waals surface area (Å²) < 4.78 is 34.4. The first-order valence-corrected chi connectivity index (χ1v) is 13.2. The van der Waals surface area contributed by atoms with Crippen molar-refractivity contribution in [1.82, 2.24) is 10.3 Å². The molecule has 10 heteroatoms. The molecule has 3 N–H and O–H groups in total. The monoisotopic (exact) mass is 525 g/mol. The van der Waals surface area contributed by atoms with Crippen molar-refractivity contribution in [2.75, 3.05) is 20.8 Å². The van der Waals surface area contributed by atoms with E-state index in [1.807, 2.05) is 19.1 Å². The molecule has 0 fully saturated rings. The first-order valence-electron chi connectivity index (χ1n) is 11.7. The maximum atomic E-state index is 11.6.